The van der Waals surface area contributed by atoms with Crippen molar-refractivity contribution < 1.29 is 9.59 Å². The second kappa shape index (κ2) is 8.68. The smallest absolute Gasteiger partial charge is 0.298 e. The van der Waals surface area contributed by atoms with Crippen LogP contribution in [-0.4, -0.2) is 46.2 Å². The molecule has 0 aliphatic rings. The molecule has 0 spiro atoms. The summed E-state index contributed by atoms with van der Waals surface area (Å²) in [7, 11) is 0. The Morgan fingerprint density at radius 3 is 2.65 bits per heavy atom. The Morgan fingerprint density at radius 2 is 1.81 bits per heavy atom. The van der Waals surface area contributed by atoms with E-state index in [2.05, 4.69) is 30.5 Å². The fourth-order valence-corrected chi connectivity index (χ4v) is 4.59. The predicted molar refractivity (Wildman–Crippen MR) is 140 cm³/mol. The van der Waals surface area contributed by atoms with Gasteiger partial charge in [-0.15, -0.1) is 0 Å². The van der Waals surface area contributed by atoms with Crippen LogP contribution in [0.2, 0.25) is 5.02 Å². The molecule has 0 saturated heterocycles. The Bertz CT molecular complexity index is 1850. The van der Waals surface area contributed by atoms with Crippen LogP contribution < -0.4 is 5.32 Å². The number of aromatic nitrogens is 7. The number of hydrogen-bond acceptors (Lipinski definition) is 6. The van der Waals surface area contributed by atoms with Crippen molar-refractivity contribution in [3.8, 4) is 11.5 Å². The first-order valence-corrected chi connectivity index (χ1v) is 11.7. The number of para-hydroxylation sites is 1. The van der Waals surface area contributed by atoms with E-state index in [1.165, 1.54) is 11.0 Å². The van der Waals surface area contributed by atoms with Crippen molar-refractivity contribution in [3.05, 3.63) is 89.1 Å². The summed E-state index contributed by atoms with van der Waals surface area (Å²) >= 11 is 6.16. The molecule has 4 aromatic heterocycles. The lowest BCUT2D eigenvalue weighted by molar-refractivity contribution is -0.112. The van der Waals surface area contributed by atoms with Crippen molar-refractivity contribution in [1.29, 1.82) is 0 Å². The van der Waals surface area contributed by atoms with E-state index in [-0.39, 0.29) is 0 Å². The minimum absolute atomic E-state index is 0.295. The molecule has 2 N–H and O–H groups in total. The van der Waals surface area contributed by atoms with Crippen molar-refractivity contribution in [1.82, 2.24) is 34.5 Å². The van der Waals surface area contributed by atoms with Gasteiger partial charge in [0.1, 0.15) is 12.1 Å². The molecule has 4 heterocycles. The van der Waals surface area contributed by atoms with Gasteiger partial charge in [-0.2, -0.15) is 14.9 Å². The molecule has 10 nitrogen and oxygen atoms in total. The van der Waals surface area contributed by atoms with Gasteiger partial charge in [-0.25, -0.2) is 14.6 Å². The highest BCUT2D eigenvalue weighted by Crippen LogP contribution is 2.26. The average Bonchev–Trinajstić information content (AvgIpc) is 3.57. The topological polar surface area (TPSA) is 123 Å². The third-order valence-electron chi connectivity index (χ3n) is 6.00. The Hall–Kier alpha value is -4.83. The molecule has 11 heteroatoms. The lowest BCUT2D eigenvalue weighted by Crippen LogP contribution is -2.25. The number of hydrogen-bond donors (Lipinski definition) is 2. The monoisotopic (exact) mass is 510 g/mol. The molecule has 0 radical (unpaired) electrons. The van der Waals surface area contributed by atoms with Gasteiger partial charge in [-0.1, -0.05) is 35.9 Å². The summed E-state index contributed by atoms with van der Waals surface area (Å²) in [5, 5.41) is 13.5. The summed E-state index contributed by atoms with van der Waals surface area (Å²) in [6.45, 7) is 3.55. The number of Topliss-reactive ketones (excluding diaryl/α,β-unsaturated/α-hetero) is 1. The van der Waals surface area contributed by atoms with Crippen LogP contribution in [-0.2, 0) is 4.79 Å². The summed E-state index contributed by atoms with van der Waals surface area (Å²) in [6.07, 6.45) is 3.01. The van der Waals surface area contributed by atoms with Gasteiger partial charge in [-0.05, 0) is 38.1 Å². The number of amides is 1. The number of nitrogens with one attached hydrogen (secondary N) is 2. The number of H-pyrrole nitrogens is 1. The molecule has 0 unspecified atom stereocenters. The third-order valence-corrected chi connectivity index (χ3v) is 6.23. The number of carbonyl (C=O) groups excluding carboxylic acids is 2. The Labute approximate surface area is 214 Å². The highest BCUT2D eigenvalue weighted by atomic mass is 35.5. The summed E-state index contributed by atoms with van der Waals surface area (Å²) in [6, 6.07) is 16.3. The first-order chi connectivity index (χ1) is 17.9. The number of nitrogens with zero attached hydrogens (tertiary/aromatic N) is 6. The van der Waals surface area contributed by atoms with Crippen LogP contribution in [0, 0.1) is 13.8 Å². The van der Waals surface area contributed by atoms with Gasteiger partial charge in [0.2, 0.25) is 0 Å². The Balaban J connectivity index is 1.38. The van der Waals surface area contributed by atoms with Crippen molar-refractivity contribution >= 4 is 51.0 Å². The maximum atomic E-state index is 13.2. The fraction of sp³-hybridized carbons (Fsp3) is 0.0769. The van der Waals surface area contributed by atoms with Crippen LogP contribution in [0.3, 0.4) is 0 Å². The molecule has 0 fully saturated rings. The first-order valence-electron chi connectivity index (χ1n) is 11.4. The number of benzene rings is 2. The van der Waals surface area contributed by atoms with E-state index in [0.29, 0.717) is 50.0 Å². The van der Waals surface area contributed by atoms with Crippen LogP contribution in [0.25, 0.3) is 33.4 Å². The van der Waals surface area contributed by atoms with E-state index in [1.807, 2.05) is 36.4 Å². The summed E-state index contributed by atoms with van der Waals surface area (Å²) in [4.78, 5) is 38.2. The molecule has 0 saturated carbocycles. The molecule has 2 aromatic carbocycles. The molecule has 0 bridgehead atoms. The van der Waals surface area contributed by atoms with Gasteiger partial charge in [0.15, 0.2) is 11.5 Å². The molecule has 0 atom stereocenters. The number of aryl methyl sites for hydroxylation is 2. The maximum absolute atomic E-state index is 13.2. The van der Waals surface area contributed by atoms with E-state index in [0.717, 1.165) is 11.2 Å². The lowest BCUT2D eigenvalue weighted by atomic mass is 10.1. The van der Waals surface area contributed by atoms with Crippen LogP contribution >= 0.6 is 11.6 Å². The molecule has 37 heavy (non-hydrogen) atoms. The van der Waals surface area contributed by atoms with Crippen LogP contribution in [0.4, 0.5) is 5.82 Å². The van der Waals surface area contributed by atoms with Gasteiger partial charge in [0, 0.05) is 27.7 Å². The quantitative estimate of drug-likeness (QED) is 0.258. The molecule has 6 rings (SSSR count). The zero-order valence-corrected chi connectivity index (χ0v) is 20.5. The predicted octanol–water partition coefficient (Wildman–Crippen LogP) is 4.57. The lowest BCUT2D eigenvalue weighted by Gasteiger charge is -2.09. The SMILES string of the molecule is Cc1cc(NC(=O)C(=O)c2c(C)[nH]c3ccccc23)n(-c2ncnc3c2cnn3-c2cccc(Cl)c2)n1. The van der Waals surface area contributed by atoms with E-state index in [9.17, 15) is 9.59 Å². The minimum atomic E-state index is -0.783. The molecule has 182 valence electrons. The normalized spacial score (nSPS) is 11.3. The van der Waals surface area contributed by atoms with Crippen molar-refractivity contribution in [2.24, 2.45) is 0 Å². The van der Waals surface area contributed by atoms with Crippen LogP contribution in [0.15, 0.2) is 67.1 Å². The largest absolute Gasteiger partial charge is 0.358 e. The number of carbonyl (C=O) groups is 2. The standard InChI is InChI=1S/C26H19ClN8O2/c1-14-10-21(32-26(37)23(36)22-15(2)31-20-9-4-3-8-18(20)22)35(33-14)25-19-12-30-34(24(19)28-13-29-25)17-7-5-6-16(27)11-17/h3-13,31H,1-2H3,(H,32,37). The van der Waals surface area contributed by atoms with Crippen molar-refractivity contribution in [2.75, 3.05) is 5.32 Å². The zero-order chi connectivity index (χ0) is 25.7. The highest BCUT2D eigenvalue weighted by molar-refractivity contribution is 6.48. The number of anilines is 1. The number of aromatic amines is 1. The minimum Gasteiger partial charge on any atom is -0.358 e. The van der Waals surface area contributed by atoms with E-state index < -0.39 is 11.7 Å². The van der Waals surface area contributed by atoms with Gasteiger partial charge in [-0.3, -0.25) is 9.59 Å². The Morgan fingerprint density at radius 1 is 0.973 bits per heavy atom. The molecule has 0 aliphatic carbocycles. The van der Waals surface area contributed by atoms with Crippen molar-refractivity contribution in [3.63, 3.8) is 0 Å². The zero-order valence-electron chi connectivity index (χ0n) is 19.7. The number of fused-ring (bicyclic) bond motifs is 2. The van der Waals surface area contributed by atoms with Gasteiger partial charge in [0.05, 0.1) is 28.5 Å². The molecule has 6 aromatic rings. The van der Waals surface area contributed by atoms with Crippen LogP contribution in [0.5, 0.6) is 0 Å². The van der Waals surface area contributed by atoms with Crippen molar-refractivity contribution in [2.45, 2.75) is 13.8 Å². The summed E-state index contributed by atoms with van der Waals surface area (Å²) in [5.74, 6) is -0.739. The Kier molecular flexibility index (Phi) is 5.31. The molecular weight excluding hydrogens is 492 g/mol. The number of halogens is 1. The van der Waals surface area contributed by atoms with E-state index >= 15 is 0 Å². The summed E-state index contributed by atoms with van der Waals surface area (Å²) < 4.78 is 3.11. The average molecular weight is 511 g/mol. The molecule has 0 aliphatic heterocycles. The second-order valence-electron chi connectivity index (χ2n) is 8.51. The van der Waals surface area contributed by atoms with E-state index in [1.54, 1.807) is 42.9 Å². The van der Waals surface area contributed by atoms with Gasteiger partial charge in [0.25, 0.3) is 11.7 Å². The molecule has 1 amide bonds. The maximum Gasteiger partial charge on any atom is 0.298 e. The summed E-state index contributed by atoms with van der Waals surface area (Å²) in [5.41, 5.74) is 3.64. The van der Waals surface area contributed by atoms with E-state index in [4.69, 9.17) is 11.6 Å². The van der Waals surface area contributed by atoms with Crippen LogP contribution in [0.1, 0.15) is 21.7 Å². The fourth-order valence-electron chi connectivity index (χ4n) is 4.40. The highest BCUT2D eigenvalue weighted by Gasteiger charge is 2.25. The van der Waals surface area contributed by atoms with Gasteiger partial charge >= 0.3 is 0 Å². The van der Waals surface area contributed by atoms with Gasteiger partial charge < -0.3 is 10.3 Å². The second-order valence-corrected chi connectivity index (χ2v) is 8.94. The first kappa shape index (κ1) is 22.6. The molecular formula is C26H19ClN8O2. The third kappa shape index (κ3) is 3.83. The number of ketones is 1. The number of rotatable bonds is 5.